The molecule has 0 aliphatic rings. The number of pyridine rings is 1. The van der Waals surface area contributed by atoms with E-state index in [0.29, 0.717) is 0 Å². The van der Waals surface area contributed by atoms with E-state index in [1.54, 1.807) is 6.20 Å². The molecule has 0 aliphatic carbocycles. The minimum Gasteiger partial charge on any atom is -0.263 e. The number of benzene rings is 1. The molecule has 0 radical (unpaired) electrons. The zero-order valence-corrected chi connectivity index (χ0v) is 8.35. The lowest BCUT2D eigenvalue weighted by molar-refractivity contribution is 1.14. The van der Waals surface area contributed by atoms with Crippen LogP contribution < -0.4 is 0 Å². The van der Waals surface area contributed by atoms with Crippen molar-refractivity contribution in [1.29, 1.82) is 0 Å². The van der Waals surface area contributed by atoms with Gasteiger partial charge in [-0.15, -0.1) is 6.42 Å². The summed E-state index contributed by atoms with van der Waals surface area (Å²) in [5.41, 5.74) is 3.26. The Hall–Kier alpha value is -2.07. The first-order valence-electron chi connectivity index (χ1n) is 4.83. The number of nitrogens with zero attached hydrogens (tertiary/aromatic N) is 1. The van der Waals surface area contributed by atoms with Crippen LogP contribution in [0.2, 0.25) is 0 Å². The maximum Gasteiger partial charge on any atom is 0.0428 e. The lowest BCUT2D eigenvalue weighted by Crippen LogP contribution is -1.90. The first-order valence-corrected chi connectivity index (χ1v) is 4.83. The quantitative estimate of drug-likeness (QED) is 0.668. The smallest absolute Gasteiger partial charge is 0.0428 e. The summed E-state index contributed by atoms with van der Waals surface area (Å²) in [5, 5.41) is 0. The molecule has 0 atom stereocenters. The third-order valence-corrected chi connectivity index (χ3v) is 2.21. The van der Waals surface area contributed by atoms with Gasteiger partial charge in [-0.3, -0.25) is 4.98 Å². The molecule has 1 aromatic heterocycles. The summed E-state index contributed by atoms with van der Waals surface area (Å²) >= 11 is 0. The molecule has 0 aliphatic heterocycles. The Kier molecular flexibility index (Phi) is 2.80. The van der Waals surface area contributed by atoms with Crippen molar-refractivity contribution in [3.63, 3.8) is 0 Å². The Morgan fingerprint density at radius 2 is 1.87 bits per heavy atom. The highest BCUT2D eigenvalue weighted by molar-refractivity contribution is 5.34. The molecule has 72 valence electrons. The van der Waals surface area contributed by atoms with Crippen molar-refractivity contribution in [2.24, 2.45) is 0 Å². The molecule has 0 spiro atoms. The summed E-state index contributed by atoms with van der Waals surface area (Å²) in [6.45, 7) is 0. The van der Waals surface area contributed by atoms with Crippen LogP contribution in [0.5, 0.6) is 0 Å². The standard InChI is InChI=1S/C14H11N/c1-2-12-8-14(11-15-10-12)9-13-6-4-3-5-7-13/h1,3-8,10-11H,9H2. The fourth-order valence-corrected chi connectivity index (χ4v) is 1.49. The number of aromatic nitrogens is 1. The second kappa shape index (κ2) is 4.43. The molecule has 1 nitrogen and oxygen atoms in total. The van der Waals surface area contributed by atoms with Crippen molar-refractivity contribution in [3.05, 3.63) is 65.5 Å². The van der Waals surface area contributed by atoms with Crippen LogP contribution >= 0.6 is 0 Å². The third kappa shape index (κ3) is 2.45. The predicted molar refractivity (Wildman–Crippen MR) is 61.4 cm³/mol. The molecular weight excluding hydrogens is 182 g/mol. The molecule has 15 heavy (non-hydrogen) atoms. The molecule has 0 unspecified atom stereocenters. The Balaban J connectivity index is 2.22. The SMILES string of the molecule is C#Cc1cncc(Cc2ccccc2)c1. The van der Waals surface area contributed by atoms with E-state index in [1.165, 1.54) is 5.56 Å². The molecule has 1 heteroatoms. The lowest BCUT2D eigenvalue weighted by atomic mass is 10.1. The molecule has 1 heterocycles. The molecule has 0 saturated carbocycles. The summed E-state index contributed by atoms with van der Waals surface area (Å²) in [5.74, 6) is 2.59. The second-order valence-electron chi connectivity index (χ2n) is 3.39. The van der Waals surface area contributed by atoms with Gasteiger partial charge < -0.3 is 0 Å². The molecule has 0 saturated heterocycles. The first kappa shape index (κ1) is 9.48. The second-order valence-corrected chi connectivity index (χ2v) is 3.39. The van der Waals surface area contributed by atoms with Gasteiger partial charge in [-0.25, -0.2) is 0 Å². The van der Waals surface area contributed by atoms with Crippen molar-refractivity contribution in [2.45, 2.75) is 6.42 Å². The molecule has 0 bridgehead atoms. The van der Waals surface area contributed by atoms with Crippen LogP contribution in [0.15, 0.2) is 48.8 Å². The van der Waals surface area contributed by atoms with Crippen LogP contribution in [0.1, 0.15) is 16.7 Å². The van der Waals surface area contributed by atoms with E-state index < -0.39 is 0 Å². The topological polar surface area (TPSA) is 12.9 Å². The molecule has 0 N–H and O–H groups in total. The number of rotatable bonds is 2. The average molecular weight is 193 g/mol. The highest BCUT2D eigenvalue weighted by Crippen LogP contribution is 2.09. The van der Waals surface area contributed by atoms with Crippen molar-refractivity contribution >= 4 is 0 Å². The van der Waals surface area contributed by atoms with Crippen LogP contribution in [0.3, 0.4) is 0 Å². The van der Waals surface area contributed by atoms with E-state index in [1.807, 2.05) is 30.5 Å². The van der Waals surface area contributed by atoms with E-state index in [9.17, 15) is 0 Å². The normalized spacial score (nSPS) is 9.53. The maximum absolute atomic E-state index is 5.32. The van der Waals surface area contributed by atoms with Gasteiger partial charge in [0.25, 0.3) is 0 Å². The minimum atomic E-state index is 0.837. The van der Waals surface area contributed by atoms with Gasteiger partial charge in [-0.2, -0.15) is 0 Å². The molecule has 2 rings (SSSR count). The minimum absolute atomic E-state index is 0.837. The van der Waals surface area contributed by atoms with Crippen molar-refractivity contribution in [2.75, 3.05) is 0 Å². The van der Waals surface area contributed by atoms with Crippen LogP contribution in [-0.4, -0.2) is 4.98 Å². The van der Waals surface area contributed by atoms with Gasteiger partial charge in [0.15, 0.2) is 0 Å². The Morgan fingerprint density at radius 1 is 1.07 bits per heavy atom. The van der Waals surface area contributed by atoms with E-state index in [4.69, 9.17) is 6.42 Å². The van der Waals surface area contributed by atoms with Gasteiger partial charge in [0.1, 0.15) is 0 Å². The number of hydrogen-bond donors (Lipinski definition) is 0. The fraction of sp³-hybridized carbons (Fsp3) is 0.0714. The fourth-order valence-electron chi connectivity index (χ4n) is 1.49. The monoisotopic (exact) mass is 193 g/mol. The van der Waals surface area contributed by atoms with E-state index in [2.05, 4.69) is 23.0 Å². The van der Waals surface area contributed by atoms with Crippen molar-refractivity contribution in [3.8, 4) is 12.3 Å². The summed E-state index contributed by atoms with van der Waals surface area (Å²) in [6, 6.07) is 12.3. The summed E-state index contributed by atoms with van der Waals surface area (Å²) in [4.78, 5) is 4.11. The predicted octanol–water partition coefficient (Wildman–Crippen LogP) is 2.65. The van der Waals surface area contributed by atoms with Gasteiger partial charge in [0.2, 0.25) is 0 Å². The van der Waals surface area contributed by atoms with Crippen LogP contribution in [0, 0.1) is 12.3 Å². The van der Waals surface area contributed by atoms with E-state index in [0.717, 1.165) is 17.5 Å². The summed E-state index contributed by atoms with van der Waals surface area (Å²) < 4.78 is 0. The zero-order chi connectivity index (χ0) is 10.5. The Morgan fingerprint density at radius 3 is 2.60 bits per heavy atom. The number of terminal acetylenes is 1. The summed E-state index contributed by atoms with van der Waals surface area (Å²) in [7, 11) is 0. The lowest BCUT2D eigenvalue weighted by Gasteiger charge is -2.01. The summed E-state index contributed by atoms with van der Waals surface area (Å²) in [6.07, 6.45) is 9.76. The highest BCUT2D eigenvalue weighted by atomic mass is 14.6. The molecule has 1 aromatic carbocycles. The third-order valence-electron chi connectivity index (χ3n) is 2.21. The molecule has 0 amide bonds. The Bertz CT molecular complexity index is 480. The molecule has 0 fully saturated rings. The highest BCUT2D eigenvalue weighted by Gasteiger charge is 1.96. The van der Waals surface area contributed by atoms with Crippen molar-refractivity contribution < 1.29 is 0 Å². The van der Waals surface area contributed by atoms with Gasteiger partial charge in [-0.1, -0.05) is 36.3 Å². The average Bonchev–Trinajstić information content (AvgIpc) is 2.31. The van der Waals surface area contributed by atoms with Gasteiger partial charge in [-0.05, 0) is 23.6 Å². The van der Waals surface area contributed by atoms with Crippen LogP contribution in [-0.2, 0) is 6.42 Å². The zero-order valence-electron chi connectivity index (χ0n) is 8.35. The van der Waals surface area contributed by atoms with Crippen molar-refractivity contribution in [1.82, 2.24) is 4.98 Å². The van der Waals surface area contributed by atoms with E-state index in [-0.39, 0.29) is 0 Å². The molecule has 2 aromatic rings. The molecular formula is C14H11N. The van der Waals surface area contributed by atoms with Crippen LogP contribution in [0.4, 0.5) is 0 Å². The first-order chi connectivity index (χ1) is 7.38. The van der Waals surface area contributed by atoms with E-state index >= 15 is 0 Å². The van der Waals surface area contributed by atoms with Gasteiger partial charge >= 0.3 is 0 Å². The number of hydrogen-bond acceptors (Lipinski definition) is 1. The van der Waals surface area contributed by atoms with Gasteiger partial charge in [0.05, 0.1) is 0 Å². The van der Waals surface area contributed by atoms with Gasteiger partial charge in [0, 0.05) is 18.0 Å². The Labute approximate surface area is 89.8 Å². The maximum atomic E-state index is 5.32. The van der Waals surface area contributed by atoms with Crippen LogP contribution in [0.25, 0.3) is 0 Å². The largest absolute Gasteiger partial charge is 0.263 e.